The third-order valence-electron chi connectivity index (χ3n) is 4.69. The molecule has 0 radical (unpaired) electrons. The molecule has 1 atom stereocenters. The van der Waals surface area contributed by atoms with E-state index in [1.165, 1.54) is 0 Å². The normalized spacial score (nSPS) is 14.8. The summed E-state index contributed by atoms with van der Waals surface area (Å²) in [5.41, 5.74) is 6.83. The first-order valence-corrected chi connectivity index (χ1v) is 10.4. The molecule has 2 aromatic rings. The van der Waals surface area contributed by atoms with Gasteiger partial charge in [-0.2, -0.15) is 0 Å². The first-order chi connectivity index (χ1) is 14.0. The van der Waals surface area contributed by atoms with E-state index in [1.54, 1.807) is 24.4 Å². The van der Waals surface area contributed by atoms with E-state index in [-0.39, 0.29) is 6.23 Å². The summed E-state index contributed by atoms with van der Waals surface area (Å²) in [6.45, 7) is 3.69. The van der Waals surface area contributed by atoms with Gasteiger partial charge in [0.05, 0.1) is 17.6 Å². The van der Waals surface area contributed by atoms with Gasteiger partial charge in [-0.3, -0.25) is 4.98 Å². The molecular formula is C20H25N5O2S2. The molecule has 1 aromatic heterocycles. The molecule has 0 spiro atoms. The molecule has 1 fully saturated rings. The summed E-state index contributed by atoms with van der Waals surface area (Å²) in [6, 6.07) is 10.4. The number of amides is 2. The van der Waals surface area contributed by atoms with Gasteiger partial charge in [-0.1, -0.05) is 32.2 Å². The topological polar surface area (TPSA) is 74.9 Å². The van der Waals surface area contributed by atoms with Gasteiger partial charge in [-0.25, -0.2) is 9.10 Å². The number of anilines is 2. The molecule has 1 unspecified atom stereocenters. The Morgan fingerprint density at radius 3 is 2.90 bits per heavy atom. The van der Waals surface area contributed by atoms with Crippen LogP contribution in [0.5, 0.6) is 5.75 Å². The number of ether oxygens (including phenoxy) is 1. The molecule has 2 amide bonds. The second-order valence-corrected chi connectivity index (χ2v) is 7.47. The summed E-state index contributed by atoms with van der Waals surface area (Å²) in [7, 11) is 0. The fourth-order valence-corrected chi connectivity index (χ4v) is 3.73. The smallest absolute Gasteiger partial charge is 0.329 e. The van der Waals surface area contributed by atoms with E-state index >= 15 is 0 Å². The number of carbonyl (C=O) groups excluding carboxylic acids is 1. The Balaban J connectivity index is 1.78. The highest BCUT2D eigenvalue weighted by Gasteiger charge is 2.32. The summed E-state index contributed by atoms with van der Waals surface area (Å²) in [5, 5.41) is 0.725. The number of carbonyl (C=O) groups is 1. The molecule has 154 valence electrons. The molecule has 29 heavy (non-hydrogen) atoms. The van der Waals surface area contributed by atoms with E-state index in [0.29, 0.717) is 11.4 Å². The van der Waals surface area contributed by atoms with Crippen LogP contribution in [0.3, 0.4) is 0 Å². The van der Waals surface area contributed by atoms with E-state index in [1.807, 2.05) is 24.4 Å². The third-order valence-corrected chi connectivity index (χ3v) is 5.58. The van der Waals surface area contributed by atoms with Crippen LogP contribution >= 0.6 is 25.0 Å². The Kier molecular flexibility index (Phi) is 7.16. The van der Waals surface area contributed by atoms with Crippen LogP contribution in [0, 0.1) is 0 Å². The monoisotopic (exact) mass is 431 g/mol. The lowest BCUT2D eigenvalue weighted by Crippen LogP contribution is -2.42. The van der Waals surface area contributed by atoms with Gasteiger partial charge in [-0.05, 0) is 42.9 Å². The largest absolute Gasteiger partial charge is 0.470 e. The van der Waals surface area contributed by atoms with E-state index in [4.69, 9.17) is 22.7 Å². The number of nitrogens with zero attached hydrogens (tertiary/aromatic N) is 4. The summed E-state index contributed by atoms with van der Waals surface area (Å²) in [6.07, 6.45) is 6.25. The lowest BCUT2D eigenvalue weighted by Gasteiger charge is -2.30. The van der Waals surface area contributed by atoms with Gasteiger partial charge < -0.3 is 20.3 Å². The molecule has 1 aromatic carbocycles. The number of rotatable bonds is 8. The number of benzene rings is 1. The van der Waals surface area contributed by atoms with Crippen LogP contribution in [0.1, 0.15) is 26.2 Å². The maximum atomic E-state index is 11.4. The summed E-state index contributed by atoms with van der Waals surface area (Å²) < 4.78 is 7.39. The zero-order valence-electron chi connectivity index (χ0n) is 16.3. The highest BCUT2D eigenvalue weighted by molar-refractivity contribution is 7.82. The fourth-order valence-electron chi connectivity index (χ4n) is 3.20. The Morgan fingerprint density at radius 1 is 1.38 bits per heavy atom. The van der Waals surface area contributed by atoms with Gasteiger partial charge in [0.2, 0.25) is 0 Å². The number of urea groups is 1. The van der Waals surface area contributed by atoms with Crippen molar-refractivity contribution in [1.82, 2.24) is 9.88 Å². The van der Waals surface area contributed by atoms with Crippen LogP contribution < -0.4 is 19.7 Å². The van der Waals surface area contributed by atoms with Gasteiger partial charge in [0.1, 0.15) is 5.75 Å². The molecular weight excluding hydrogens is 406 g/mol. The molecule has 1 aliphatic heterocycles. The Morgan fingerprint density at radius 2 is 2.21 bits per heavy atom. The first-order valence-electron chi connectivity index (χ1n) is 9.54. The van der Waals surface area contributed by atoms with Crippen molar-refractivity contribution >= 4 is 47.6 Å². The number of thiocarbonyl (C=S) groups is 1. The number of hydrogen-bond acceptors (Lipinski definition) is 5. The molecule has 2 N–H and O–H groups in total. The predicted molar refractivity (Wildman–Crippen MR) is 122 cm³/mol. The van der Waals surface area contributed by atoms with Crippen LogP contribution in [-0.4, -0.2) is 40.3 Å². The Bertz CT molecular complexity index is 852. The van der Waals surface area contributed by atoms with Gasteiger partial charge in [0.15, 0.2) is 11.3 Å². The SMILES string of the molecule is CCCCC(Oc1cccc(N(S)C(N)=O)c1)N1CCN(c2cccnc2)C1=S. The molecule has 2 heterocycles. The zero-order chi connectivity index (χ0) is 20.8. The van der Waals surface area contributed by atoms with Crippen molar-refractivity contribution in [2.75, 3.05) is 22.3 Å². The van der Waals surface area contributed by atoms with Crippen LogP contribution in [0.25, 0.3) is 0 Å². The second-order valence-electron chi connectivity index (χ2n) is 6.70. The third kappa shape index (κ3) is 5.10. The highest BCUT2D eigenvalue weighted by atomic mass is 32.1. The quantitative estimate of drug-likeness (QED) is 0.489. The average molecular weight is 432 g/mol. The van der Waals surface area contributed by atoms with Crippen LogP contribution in [0.2, 0.25) is 0 Å². The van der Waals surface area contributed by atoms with Crippen molar-refractivity contribution in [1.29, 1.82) is 0 Å². The van der Waals surface area contributed by atoms with Crippen molar-refractivity contribution in [3.8, 4) is 5.75 Å². The Labute approximate surface area is 182 Å². The molecule has 7 nitrogen and oxygen atoms in total. The average Bonchev–Trinajstić information content (AvgIpc) is 3.12. The number of thiol groups is 1. The van der Waals surface area contributed by atoms with Crippen molar-refractivity contribution < 1.29 is 9.53 Å². The van der Waals surface area contributed by atoms with E-state index in [2.05, 4.69) is 34.5 Å². The van der Waals surface area contributed by atoms with Crippen molar-refractivity contribution in [3.05, 3.63) is 48.8 Å². The number of nitrogens with two attached hydrogens (primary N) is 1. The number of unbranched alkanes of at least 4 members (excludes halogenated alkanes) is 1. The van der Waals surface area contributed by atoms with E-state index in [0.717, 1.165) is 47.5 Å². The molecule has 1 saturated heterocycles. The minimum Gasteiger partial charge on any atom is -0.470 e. The van der Waals surface area contributed by atoms with E-state index < -0.39 is 6.03 Å². The molecule has 1 aliphatic rings. The highest BCUT2D eigenvalue weighted by Crippen LogP contribution is 2.27. The van der Waals surface area contributed by atoms with Gasteiger partial charge in [0.25, 0.3) is 0 Å². The molecule has 0 saturated carbocycles. The van der Waals surface area contributed by atoms with E-state index in [9.17, 15) is 4.79 Å². The van der Waals surface area contributed by atoms with Crippen LogP contribution in [0.4, 0.5) is 16.2 Å². The van der Waals surface area contributed by atoms with Crippen molar-refractivity contribution in [3.63, 3.8) is 0 Å². The summed E-state index contributed by atoms with van der Waals surface area (Å²) in [4.78, 5) is 19.8. The fraction of sp³-hybridized carbons (Fsp3) is 0.350. The second kappa shape index (κ2) is 9.80. The number of hydrogen-bond donors (Lipinski definition) is 2. The van der Waals surface area contributed by atoms with Gasteiger partial charge in [-0.15, -0.1) is 0 Å². The first kappa shape index (κ1) is 21.2. The minimum absolute atomic E-state index is 0.207. The zero-order valence-corrected chi connectivity index (χ0v) is 18.0. The van der Waals surface area contributed by atoms with Crippen molar-refractivity contribution in [2.24, 2.45) is 5.73 Å². The lowest BCUT2D eigenvalue weighted by molar-refractivity contribution is 0.0772. The summed E-state index contributed by atoms with van der Waals surface area (Å²) in [5.74, 6) is 0.631. The van der Waals surface area contributed by atoms with Crippen LogP contribution in [0.15, 0.2) is 48.8 Å². The minimum atomic E-state index is -0.652. The lowest BCUT2D eigenvalue weighted by atomic mass is 10.2. The molecule has 9 heteroatoms. The van der Waals surface area contributed by atoms with Gasteiger partial charge in [0, 0.05) is 31.8 Å². The molecule has 0 aliphatic carbocycles. The van der Waals surface area contributed by atoms with Gasteiger partial charge >= 0.3 is 6.03 Å². The Hall–Kier alpha value is -2.52. The predicted octanol–water partition coefficient (Wildman–Crippen LogP) is 3.81. The van der Waals surface area contributed by atoms with Crippen LogP contribution in [-0.2, 0) is 0 Å². The standard InChI is InChI=1S/C20H25N5O2S2/c1-2-3-9-18(27-17-8-4-6-15(13-17)25(29)19(21)26)24-12-11-23(20(24)28)16-7-5-10-22-14-16/h4-8,10,13-14,18,29H,2-3,9,11-12H2,1H3,(H2,21,26). The number of primary amides is 1. The number of aromatic nitrogens is 1. The summed E-state index contributed by atoms with van der Waals surface area (Å²) >= 11 is 9.87. The maximum absolute atomic E-state index is 11.4. The number of pyridine rings is 1. The molecule has 3 rings (SSSR count). The molecule has 0 bridgehead atoms. The van der Waals surface area contributed by atoms with Crippen molar-refractivity contribution in [2.45, 2.75) is 32.4 Å². The maximum Gasteiger partial charge on any atom is 0.329 e.